The first-order valence-corrected chi connectivity index (χ1v) is 6.14. The first kappa shape index (κ1) is 15.6. The van der Waals surface area contributed by atoms with Gasteiger partial charge in [0, 0.05) is 12.0 Å². The zero-order chi connectivity index (χ0) is 13.0. The summed E-state index contributed by atoms with van der Waals surface area (Å²) in [6.07, 6.45) is 2.91. The van der Waals surface area contributed by atoms with E-state index in [1.54, 1.807) is 0 Å². The Morgan fingerprint density at radius 3 is 1.88 bits per heavy atom. The fourth-order valence-corrected chi connectivity index (χ4v) is 2.93. The van der Waals surface area contributed by atoms with Crippen LogP contribution in [0.25, 0.3) is 0 Å². The molecule has 0 unspecified atom stereocenters. The molecule has 2 heteroatoms. The van der Waals surface area contributed by atoms with E-state index < -0.39 is 0 Å². The van der Waals surface area contributed by atoms with E-state index in [2.05, 4.69) is 27.7 Å². The van der Waals surface area contributed by atoms with Gasteiger partial charge in [0.25, 0.3) is 0 Å². The molecule has 0 aliphatic heterocycles. The highest BCUT2D eigenvalue weighted by molar-refractivity contribution is 5.57. The molecular formula is C14H28O2. The van der Waals surface area contributed by atoms with Crippen molar-refractivity contribution in [3.05, 3.63) is 0 Å². The number of hydrogen-bond acceptors (Lipinski definition) is 2. The molecule has 0 bridgehead atoms. The second kappa shape index (κ2) is 5.31. The van der Waals surface area contributed by atoms with E-state index in [0.29, 0.717) is 0 Å². The number of aldehydes is 1. The Kier molecular flexibility index (Phi) is 5.18. The van der Waals surface area contributed by atoms with Gasteiger partial charge in [-0.15, -0.1) is 0 Å². The van der Waals surface area contributed by atoms with Crippen molar-refractivity contribution in [2.45, 2.75) is 66.9 Å². The van der Waals surface area contributed by atoms with Crippen LogP contribution in [0, 0.1) is 10.8 Å². The second-order valence-corrected chi connectivity index (χ2v) is 6.82. The topological polar surface area (TPSA) is 26.3 Å². The molecule has 0 saturated heterocycles. The van der Waals surface area contributed by atoms with Crippen LogP contribution >= 0.6 is 0 Å². The van der Waals surface area contributed by atoms with Crippen molar-refractivity contribution in [2.24, 2.45) is 10.8 Å². The van der Waals surface area contributed by atoms with Crippen molar-refractivity contribution in [2.75, 3.05) is 6.61 Å². The van der Waals surface area contributed by atoms with E-state index in [9.17, 15) is 4.79 Å². The molecule has 0 aromatic carbocycles. The minimum Gasteiger partial charge on any atom is -0.376 e. The standard InChI is InChI=1S/C14H28O2/c1-8-16-14(6,7)10-12(2,3)9-13(4,5)11-15/h11H,8-10H2,1-7H3. The summed E-state index contributed by atoms with van der Waals surface area (Å²) >= 11 is 0. The molecule has 2 nitrogen and oxygen atoms in total. The molecule has 0 aliphatic rings. The van der Waals surface area contributed by atoms with Crippen LogP contribution in [0.1, 0.15) is 61.3 Å². The average Bonchev–Trinajstić information content (AvgIpc) is 1.99. The third-order valence-corrected chi connectivity index (χ3v) is 2.69. The first-order chi connectivity index (χ1) is 7.04. The minimum atomic E-state index is -0.244. The van der Waals surface area contributed by atoms with E-state index >= 15 is 0 Å². The smallest absolute Gasteiger partial charge is 0.125 e. The van der Waals surface area contributed by atoms with Crippen LogP contribution in [-0.4, -0.2) is 18.5 Å². The number of hydrogen-bond donors (Lipinski definition) is 0. The van der Waals surface area contributed by atoms with Crippen molar-refractivity contribution in [3.8, 4) is 0 Å². The van der Waals surface area contributed by atoms with Gasteiger partial charge in [-0.25, -0.2) is 0 Å². The Hall–Kier alpha value is -0.370. The third kappa shape index (κ3) is 6.26. The van der Waals surface area contributed by atoms with E-state index in [0.717, 1.165) is 25.7 Å². The highest BCUT2D eigenvalue weighted by atomic mass is 16.5. The highest BCUT2D eigenvalue weighted by Crippen LogP contribution is 2.39. The van der Waals surface area contributed by atoms with Crippen LogP contribution < -0.4 is 0 Å². The summed E-state index contributed by atoms with van der Waals surface area (Å²) in [7, 11) is 0. The van der Waals surface area contributed by atoms with Crippen LogP contribution in [-0.2, 0) is 9.53 Å². The Balaban J connectivity index is 4.50. The van der Waals surface area contributed by atoms with Crippen LogP contribution in [0.15, 0.2) is 0 Å². The van der Waals surface area contributed by atoms with Gasteiger partial charge in [0.2, 0.25) is 0 Å². The molecule has 0 aliphatic carbocycles. The van der Waals surface area contributed by atoms with E-state index in [4.69, 9.17) is 4.74 Å². The summed E-state index contributed by atoms with van der Waals surface area (Å²) in [6.45, 7) is 15.4. The summed E-state index contributed by atoms with van der Waals surface area (Å²) in [5.74, 6) is 0. The summed E-state index contributed by atoms with van der Waals surface area (Å²) in [4.78, 5) is 11.0. The van der Waals surface area contributed by atoms with Crippen molar-refractivity contribution in [1.82, 2.24) is 0 Å². The lowest BCUT2D eigenvalue weighted by molar-refractivity contribution is -0.117. The number of carbonyl (C=O) groups is 1. The Morgan fingerprint density at radius 1 is 1.00 bits per heavy atom. The molecule has 0 N–H and O–H groups in total. The lowest BCUT2D eigenvalue weighted by Crippen LogP contribution is -2.34. The minimum absolute atomic E-state index is 0.114. The van der Waals surface area contributed by atoms with Gasteiger partial charge in [-0.3, -0.25) is 0 Å². The SMILES string of the molecule is CCOC(C)(C)CC(C)(C)CC(C)(C)C=O. The molecule has 0 aromatic heterocycles. The maximum Gasteiger partial charge on any atom is 0.125 e. The zero-order valence-corrected chi connectivity index (χ0v) is 12.0. The fourth-order valence-electron chi connectivity index (χ4n) is 2.93. The molecule has 0 spiro atoms. The summed E-state index contributed by atoms with van der Waals surface area (Å²) in [6, 6.07) is 0. The van der Waals surface area contributed by atoms with Crippen LogP contribution in [0.3, 0.4) is 0 Å². The molecule has 96 valence electrons. The van der Waals surface area contributed by atoms with Crippen molar-refractivity contribution < 1.29 is 9.53 Å². The highest BCUT2D eigenvalue weighted by Gasteiger charge is 2.34. The zero-order valence-electron chi connectivity index (χ0n) is 12.0. The summed E-state index contributed by atoms with van der Waals surface area (Å²) in [5.41, 5.74) is -0.244. The lowest BCUT2D eigenvalue weighted by Gasteiger charge is -2.38. The van der Waals surface area contributed by atoms with Gasteiger partial charge in [-0.1, -0.05) is 27.7 Å². The Morgan fingerprint density at radius 2 is 1.50 bits per heavy atom. The van der Waals surface area contributed by atoms with Gasteiger partial charge in [0.15, 0.2) is 0 Å². The quantitative estimate of drug-likeness (QED) is 0.619. The van der Waals surface area contributed by atoms with Gasteiger partial charge < -0.3 is 9.53 Å². The molecule has 0 fully saturated rings. The maximum absolute atomic E-state index is 11.0. The molecule has 0 aromatic rings. The molecule has 0 saturated carbocycles. The normalized spacial score (nSPS) is 13.9. The van der Waals surface area contributed by atoms with Crippen LogP contribution in [0.5, 0.6) is 0 Å². The number of carbonyl (C=O) groups excluding carboxylic acids is 1. The monoisotopic (exact) mass is 228 g/mol. The van der Waals surface area contributed by atoms with Crippen molar-refractivity contribution in [3.63, 3.8) is 0 Å². The van der Waals surface area contributed by atoms with E-state index in [1.807, 2.05) is 20.8 Å². The summed E-state index contributed by atoms with van der Waals surface area (Å²) in [5, 5.41) is 0. The molecule has 0 rings (SSSR count). The molecule has 0 heterocycles. The second-order valence-electron chi connectivity index (χ2n) is 6.82. The fraction of sp³-hybridized carbons (Fsp3) is 0.929. The van der Waals surface area contributed by atoms with Gasteiger partial charge in [-0.2, -0.15) is 0 Å². The van der Waals surface area contributed by atoms with Gasteiger partial charge in [0.05, 0.1) is 5.60 Å². The van der Waals surface area contributed by atoms with E-state index in [-0.39, 0.29) is 16.4 Å². The lowest BCUT2D eigenvalue weighted by atomic mass is 9.71. The number of rotatable bonds is 7. The molecule has 16 heavy (non-hydrogen) atoms. The molecule has 0 atom stereocenters. The molecule has 0 amide bonds. The van der Waals surface area contributed by atoms with Gasteiger partial charge in [-0.05, 0) is 39.0 Å². The average molecular weight is 228 g/mol. The van der Waals surface area contributed by atoms with Crippen LogP contribution in [0.4, 0.5) is 0 Å². The number of ether oxygens (including phenoxy) is 1. The Bertz CT molecular complexity index is 227. The van der Waals surface area contributed by atoms with Crippen molar-refractivity contribution in [1.29, 1.82) is 0 Å². The molecular weight excluding hydrogens is 200 g/mol. The third-order valence-electron chi connectivity index (χ3n) is 2.69. The van der Waals surface area contributed by atoms with Gasteiger partial charge >= 0.3 is 0 Å². The summed E-state index contributed by atoms with van der Waals surface area (Å²) < 4.78 is 5.72. The first-order valence-electron chi connectivity index (χ1n) is 6.14. The predicted molar refractivity (Wildman–Crippen MR) is 68.6 cm³/mol. The predicted octanol–water partition coefficient (Wildman–Crippen LogP) is 3.83. The molecule has 0 radical (unpaired) electrons. The van der Waals surface area contributed by atoms with Crippen molar-refractivity contribution >= 4 is 6.29 Å². The van der Waals surface area contributed by atoms with Crippen LogP contribution in [0.2, 0.25) is 0 Å². The van der Waals surface area contributed by atoms with Gasteiger partial charge in [0.1, 0.15) is 6.29 Å². The largest absolute Gasteiger partial charge is 0.376 e. The Labute approximate surface area is 101 Å². The maximum atomic E-state index is 11.0. The van der Waals surface area contributed by atoms with E-state index in [1.165, 1.54) is 0 Å².